The minimum atomic E-state index is -4.61. The van der Waals surface area contributed by atoms with E-state index in [2.05, 4.69) is 42.9 Å². The molecular weight excluding hydrogens is 308 g/mol. The molecule has 12 N–H and O–H groups in total. The highest BCUT2D eigenvalue weighted by Gasteiger charge is 2.22. The molecule has 0 radical (unpaired) electrons. The summed E-state index contributed by atoms with van der Waals surface area (Å²) in [7, 11) is -4.61. The van der Waals surface area contributed by atoms with E-state index in [-0.39, 0.29) is 0 Å². The number of rotatable bonds is 4. The van der Waals surface area contributed by atoms with Crippen molar-refractivity contribution in [1.29, 1.82) is 0 Å². The molecule has 0 aliphatic heterocycles. The van der Waals surface area contributed by atoms with Crippen LogP contribution >= 0.6 is 0 Å². The molecule has 0 bridgehead atoms. The standard InChI is InChI=1S/4C2H7NO.H4O4Si/c4*1-2-4-3;1-5(2,3)4/h4*2-3H2,1H3;1-4H. The Morgan fingerprint density at radius 3 is 0.619 bits per heavy atom. The van der Waals surface area contributed by atoms with E-state index in [0.717, 1.165) is 0 Å². The predicted octanol–water partition coefficient (Wildman–Crippen LogP) is -3.02. The minimum absolute atomic E-state index is 0.597. The van der Waals surface area contributed by atoms with Crippen LogP contribution in [0.1, 0.15) is 27.7 Å². The maximum absolute atomic E-state index is 7.33. The highest BCUT2D eigenvalue weighted by atomic mass is 28.4. The Morgan fingerprint density at radius 1 is 0.571 bits per heavy atom. The van der Waals surface area contributed by atoms with Crippen molar-refractivity contribution < 1.29 is 38.5 Å². The van der Waals surface area contributed by atoms with Crippen molar-refractivity contribution >= 4 is 9.05 Å². The largest absolute Gasteiger partial charge is 0.668 e. The average Bonchev–Trinajstić information content (AvgIpc) is 2.45. The molecule has 0 fully saturated rings. The monoisotopic (exact) mass is 340 g/mol. The quantitative estimate of drug-likeness (QED) is 0.189. The van der Waals surface area contributed by atoms with E-state index in [1.54, 1.807) is 0 Å². The van der Waals surface area contributed by atoms with Crippen LogP contribution in [-0.4, -0.2) is 54.7 Å². The molecule has 136 valence electrons. The number of hydrogen-bond acceptors (Lipinski definition) is 12. The zero-order valence-electron chi connectivity index (χ0n) is 13.1. The Kier molecular flexibility index (Phi) is 57.0. The summed E-state index contributed by atoms with van der Waals surface area (Å²) in [4.78, 5) is 45.5. The van der Waals surface area contributed by atoms with E-state index in [1.165, 1.54) is 0 Å². The van der Waals surface area contributed by atoms with Gasteiger partial charge in [-0.2, -0.15) is 0 Å². The summed E-state index contributed by atoms with van der Waals surface area (Å²) in [5, 5.41) is 0. The highest BCUT2D eigenvalue weighted by Crippen LogP contribution is 1.67. The van der Waals surface area contributed by atoms with Crippen molar-refractivity contribution in [3.8, 4) is 0 Å². The van der Waals surface area contributed by atoms with E-state index in [4.69, 9.17) is 19.2 Å². The fraction of sp³-hybridized carbons (Fsp3) is 1.00. The average molecular weight is 340 g/mol. The summed E-state index contributed by atoms with van der Waals surface area (Å²) in [6, 6.07) is 0. The van der Waals surface area contributed by atoms with Gasteiger partial charge >= 0.3 is 9.05 Å². The van der Waals surface area contributed by atoms with Crippen LogP contribution in [-0.2, 0) is 19.4 Å². The van der Waals surface area contributed by atoms with Gasteiger partial charge in [-0.05, 0) is 27.7 Å². The van der Waals surface area contributed by atoms with Gasteiger partial charge in [-0.3, -0.25) is 0 Å². The van der Waals surface area contributed by atoms with E-state index in [9.17, 15) is 0 Å². The highest BCUT2D eigenvalue weighted by molar-refractivity contribution is 6.46. The Hall–Kier alpha value is -0.263. The van der Waals surface area contributed by atoms with Gasteiger partial charge < -0.3 is 38.5 Å². The SMILES string of the molecule is CCON.CCON.CCON.CCON.O[Si](O)(O)O. The second-order valence-electron chi connectivity index (χ2n) is 2.42. The molecule has 0 aliphatic rings. The van der Waals surface area contributed by atoms with E-state index < -0.39 is 9.05 Å². The molecule has 0 aromatic heterocycles. The molecule has 21 heavy (non-hydrogen) atoms. The van der Waals surface area contributed by atoms with E-state index in [0.29, 0.717) is 26.4 Å². The van der Waals surface area contributed by atoms with Gasteiger partial charge in [0.05, 0.1) is 26.4 Å². The van der Waals surface area contributed by atoms with Crippen molar-refractivity contribution in [3.05, 3.63) is 0 Å². The molecule has 0 saturated heterocycles. The Morgan fingerprint density at radius 2 is 0.619 bits per heavy atom. The Labute approximate surface area is 126 Å². The number of nitrogens with two attached hydrogens (primary N) is 4. The fourth-order valence-corrected chi connectivity index (χ4v) is 0. The molecule has 0 aliphatic carbocycles. The number of hydrogen-bond donors (Lipinski definition) is 8. The van der Waals surface area contributed by atoms with Crippen molar-refractivity contribution in [2.24, 2.45) is 23.6 Å². The van der Waals surface area contributed by atoms with Gasteiger partial charge in [0.25, 0.3) is 0 Å². The van der Waals surface area contributed by atoms with Crippen molar-refractivity contribution in [3.63, 3.8) is 0 Å². The van der Waals surface area contributed by atoms with Gasteiger partial charge in [-0.15, -0.1) is 0 Å². The molecule has 0 unspecified atom stereocenters. The molecule has 0 aromatic rings. The second kappa shape index (κ2) is 36.7. The first-order chi connectivity index (χ1) is 9.66. The third-order valence-corrected chi connectivity index (χ3v) is 0.667. The molecule has 13 heteroatoms. The molecule has 0 heterocycles. The van der Waals surface area contributed by atoms with Crippen molar-refractivity contribution in [1.82, 2.24) is 0 Å². The summed E-state index contributed by atoms with van der Waals surface area (Å²) in [6.07, 6.45) is 0. The van der Waals surface area contributed by atoms with Crippen LogP contribution < -0.4 is 23.6 Å². The van der Waals surface area contributed by atoms with E-state index >= 15 is 0 Å². The first kappa shape index (κ1) is 32.6. The molecule has 0 amide bonds. The zero-order chi connectivity index (χ0) is 18.2. The molecule has 0 saturated carbocycles. The molecule has 0 aromatic carbocycles. The lowest BCUT2D eigenvalue weighted by Gasteiger charge is -1.91. The van der Waals surface area contributed by atoms with Gasteiger partial charge in [0, 0.05) is 0 Å². The van der Waals surface area contributed by atoms with E-state index in [1.807, 2.05) is 27.7 Å². The summed E-state index contributed by atoms with van der Waals surface area (Å²) in [5.74, 6) is 18.1. The van der Waals surface area contributed by atoms with Crippen molar-refractivity contribution in [2.75, 3.05) is 26.4 Å². The van der Waals surface area contributed by atoms with Crippen LogP contribution in [0.15, 0.2) is 0 Å². The predicted molar refractivity (Wildman–Crippen MR) is 77.9 cm³/mol. The maximum atomic E-state index is 7.33. The fourth-order valence-electron chi connectivity index (χ4n) is 0. The minimum Gasteiger partial charge on any atom is -0.368 e. The van der Waals surface area contributed by atoms with Gasteiger partial charge in [0.2, 0.25) is 0 Å². The van der Waals surface area contributed by atoms with Gasteiger partial charge in [0.15, 0.2) is 0 Å². The van der Waals surface area contributed by atoms with Crippen LogP contribution in [0.3, 0.4) is 0 Å². The summed E-state index contributed by atoms with van der Waals surface area (Å²) >= 11 is 0. The van der Waals surface area contributed by atoms with Crippen LogP contribution in [0, 0.1) is 0 Å². The Bertz CT molecular complexity index is 103. The first-order valence-corrected chi connectivity index (χ1v) is 7.61. The lowest BCUT2D eigenvalue weighted by molar-refractivity contribution is 0.117. The van der Waals surface area contributed by atoms with Gasteiger partial charge in [-0.1, -0.05) is 0 Å². The summed E-state index contributed by atoms with van der Waals surface area (Å²) < 4.78 is 0. The normalized spacial score (nSPS) is 8.57. The second-order valence-corrected chi connectivity index (χ2v) is 3.62. The van der Waals surface area contributed by atoms with Gasteiger partial charge in [0.1, 0.15) is 0 Å². The summed E-state index contributed by atoms with van der Waals surface area (Å²) in [5.41, 5.74) is 0. The molecule has 0 spiro atoms. The molecule has 12 nitrogen and oxygen atoms in total. The maximum Gasteiger partial charge on any atom is 0.668 e. The third-order valence-electron chi connectivity index (χ3n) is 0.667. The first-order valence-electron chi connectivity index (χ1n) is 5.82. The smallest absolute Gasteiger partial charge is 0.368 e. The zero-order valence-corrected chi connectivity index (χ0v) is 14.1. The van der Waals surface area contributed by atoms with Crippen molar-refractivity contribution in [2.45, 2.75) is 27.7 Å². The van der Waals surface area contributed by atoms with Crippen LogP contribution in [0.2, 0.25) is 0 Å². The molecule has 0 atom stereocenters. The third kappa shape index (κ3) is 445. The Balaban J connectivity index is -0.0000000510. The molecular formula is C8H32N4O8Si. The summed E-state index contributed by atoms with van der Waals surface area (Å²) in [6.45, 7) is 9.72. The topological polar surface area (TPSA) is 222 Å². The van der Waals surface area contributed by atoms with Crippen LogP contribution in [0.4, 0.5) is 0 Å². The van der Waals surface area contributed by atoms with Gasteiger partial charge in [-0.25, -0.2) is 23.6 Å². The van der Waals surface area contributed by atoms with Crippen LogP contribution in [0.25, 0.3) is 0 Å². The lowest BCUT2D eigenvalue weighted by atomic mass is 10.9. The lowest BCUT2D eigenvalue weighted by Crippen LogP contribution is -2.33. The molecule has 0 rings (SSSR count). The van der Waals surface area contributed by atoms with Crippen LogP contribution in [0.5, 0.6) is 0 Å².